The molecule has 0 bridgehead atoms. The lowest BCUT2D eigenvalue weighted by Gasteiger charge is -2.23. The lowest BCUT2D eigenvalue weighted by molar-refractivity contribution is 0.461. The van der Waals surface area contributed by atoms with Crippen LogP contribution in [-0.2, 0) is 19.4 Å². The molecule has 0 radical (unpaired) electrons. The van der Waals surface area contributed by atoms with Gasteiger partial charge in [0, 0.05) is 12.6 Å². The van der Waals surface area contributed by atoms with Crippen molar-refractivity contribution in [1.82, 2.24) is 14.8 Å². The van der Waals surface area contributed by atoms with E-state index in [4.69, 9.17) is 4.42 Å². The SMILES string of the molecule is O=c1cc2c(nn1CC1CCCN1c1nc3ccccc3o1)CCC2. The van der Waals surface area contributed by atoms with Gasteiger partial charge in [-0.05, 0) is 49.8 Å². The third-order valence-electron chi connectivity index (χ3n) is 5.31. The fourth-order valence-electron chi connectivity index (χ4n) is 4.03. The molecular weight excluding hydrogens is 316 g/mol. The normalized spacial score (nSPS) is 19.7. The summed E-state index contributed by atoms with van der Waals surface area (Å²) in [6, 6.07) is 10.4. The second kappa shape index (κ2) is 5.72. The fourth-order valence-corrected chi connectivity index (χ4v) is 4.03. The van der Waals surface area contributed by atoms with Crippen LogP contribution in [0.5, 0.6) is 0 Å². The first kappa shape index (κ1) is 14.7. The van der Waals surface area contributed by atoms with Gasteiger partial charge in [-0.25, -0.2) is 4.68 Å². The van der Waals surface area contributed by atoms with Crippen molar-refractivity contribution in [2.75, 3.05) is 11.4 Å². The fraction of sp³-hybridized carbons (Fsp3) is 0.421. The van der Waals surface area contributed by atoms with Crippen LogP contribution in [0.4, 0.5) is 6.01 Å². The Balaban J connectivity index is 1.44. The van der Waals surface area contributed by atoms with Crippen LogP contribution in [0, 0.1) is 0 Å². The average Bonchev–Trinajstić information content (AvgIpc) is 3.33. The van der Waals surface area contributed by atoms with Crippen LogP contribution >= 0.6 is 0 Å². The topological polar surface area (TPSA) is 64.2 Å². The Bertz CT molecular complexity index is 957. The molecule has 1 aliphatic heterocycles. The summed E-state index contributed by atoms with van der Waals surface area (Å²) in [6.45, 7) is 1.49. The minimum Gasteiger partial charge on any atom is -0.423 e. The number of oxazole rings is 1. The molecule has 1 saturated heterocycles. The lowest BCUT2D eigenvalue weighted by Crippen LogP contribution is -2.37. The maximum absolute atomic E-state index is 12.4. The van der Waals surface area contributed by atoms with Gasteiger partial charge in [0.25, 0.3) is 11.6 Å². The van der Waals surface area contributed by atoms with Gasteiger partial charge >= 0.3 is 0 Å². The number of rotatable bonds is 3. The Labute approximate surface area is 145 Å². The smallest absolute Gasteiger partial charge is 0.298 e. The van der Waals surface area contributed by atoms with E-state index in [0.717, 1.165) is 61.0 Å². The van der Waals surface area contributed by atoms with E-state index in [9.17, 15) is 4.79 Å². The third-order valence-corrected chi connectivity index (χ3v) is 5.31. The zero-order valence-electron chi connectivity index (χ0n) is 14.0. The predicted octanol–water partition coefficient (Wildman–Crippen LogP) is 2.54. The molecule has 0 amide bonds. The summed E-state index contributed by atoms with van der Waals surface area (Å²) in [4.78, 5) is 19.2. The average molecular weight is 336 g/mol. The molecule has 0 N–H and O–H groups in total. The number of benzene rings is 1. The summed E-state index contributed by atoms with van der Waals surface area (Å²) in [5.74, 6) is 0. The van der Waals surface area contributed by atoms with E-state index < -0.39 is 0 Å². The molecule has 1 fully saturated rings. The van der Waals surface area contributed by atoms with Gasteiger partial charge < -0.3 is 9.32 Å². The number of hydrogen-bond donors (Lipinski definition) is 0. The number of aryl methyl sites for hydroxylation is 2. The largest absolute Gasteiger partial charge is 0.423 e. The molecule has 3 heterocycles. The van der Waals surface area contributed by atoms with Crippen LogP contribution in [0.25, 0.3) is 11.1 Å². The summed E-state index contributed by atoms with van der Waals surface area (Å²) in [5, 5.41) is 4.61. The highest BCUT2D eigenvalue weighted by Crippen LogP contribution is 2.29. The van der Waals surface area contributed by atoms with Crippen molar-refractivity contribution in [3.8, 4) is 0 Å². The van der Waals surface area contributed by atoms with Gasteiger partial charge in [-0.1, -0.05) is 12.1 Å². The van der Waals surface area contributed by atoms with Gasteiger partial charge in [0.15, 0.2) is 5.58 Å². The summed E-state index contributed by atoms with van der Waals surface area (Å²) in [5.41, 5.74) is 3.89. The van der Waals surface area contributed by atoms with E-state index in [1.165, 1.54) is 0 Å². The molecule has 1 aliphatic carbocycles. The molecular formula is C19H20N4O2. The number of aromatic nitrogens is 3. The van der Waals surface area contributed by atoms with Gasteiger partial charge in [-0.2, -0.15) is 10.1 Å². The van der Waals surface area contributed by atoms with E-state index in [2.05, 4.69) is 15.0 Å². The van der Waals surface area contributed by atoms with Crippen LogP contribution in [-0.4, -0.2) is 27.4 Å². The first-order valence-electron chi connectivity index (χ1n) is 9.00. The van der Waals surface area contributed by atoms with Gasteiger partial charge in [0.05, 0.1) is 18.3 Å². The molecule has 128 valence electrons. The second-order valence-electron chi connectivity index (χ2n) is 6.94. The highest BCUT2D eigenvalue weighted by atomic mass is 16.4. The summed E-state index contributed by atoms with van der Waals surface area (Å²) in [7, 11) is 0. The standard InChI is InChI=1S/C19H20N4O2/c24-18-11-13-5-3-8-15(13)21-23(18)12-14-6-4-10-22(14)19-20-16-7-1-2-9-17(16)25-19/h1-2,7,9,11,14H,3-6,8,10,12H2. The Hall–Kier alpha value is -2.63. The molecule has 1 aromatic carbocycles. The monoisotopic (exact) mass is 336 g/mol. The molecule has 0 saturated carbocycles. The number of nitrogens with zero attached hydrogens (tertiary/aromatic N) is 4. The van der Waals surface area contributed by atoms with Gasteiger partial charge in [0.2, 0.25) is 0 Å². The summed E-state index contributed by atoms with van der Waals surface area (Å²) < 4.78 is 7.57. The van der Waals surface area contributed by atoms with Crippen molar-refractivity contribution in [2.45, 2.75) is 44.7 Å². The van der Waals surface area contributed by atoms with Crippen LogP contribution in [0.15, 0.2) is 39.5 Å². The van der Waals surface area contributed by atoms with Crippen molar-refractivity contribution in [3.63, 3.8) is 0 Å². The van der Waals surface area contributed by atoms with Crippen molar-refractivity contribution >= 4 is 17.1 Å². The van der Waals surface area contributed by atoms with Crippen LogP contribution < -0.4 is 10.5 Å². The Kier molecular flexibility index (Phi) is 3.36. The molecule has 1 atom stereocenters. The molecule has 3 aromatic rings. The zero-order chi connectivity index (χ0) is 16.8. The summed E-state index contributed by atoms with van der Waals surface area (Å²) in [6.07, 6.45) is 5.16. The molecule has 2 aliphatic rings. The first-order chi connectivity index (χ1) is 12.3. The maximum atomic E-state index is 12.4. The Morgan fingerprint density at radius 3 is 3.04 bits per heavy atom. The highest BCUT2D eigenvalue weighted by Gasteiger charge is 2.29. The molecule has 0 spiro atoms. The Morgan fingerprint density at radius 1 is 1.20 bits per heavy atom. The Morgan fingerprint density at radius 2 is 2.12 bits per heavy atom. The third kappa shape index (κ3) is 2.52. The summed E-state index contributed by atoms with van der Waals surface area (Å²) >= 11 is 0. The van der Waals surface area contributed by atoms with Gasteiger partial charge in [-0.15, -0.1) is 0 Å². The van der Waals surface area contributed by atoms with Crippen molar-refractivity contribution < 1.29 is 4.42 Å². The number of para-hydroxylation sites is 2. The molecule has 2 aromatic heterocycles. The van der Waals surface area contributed by atoms with E-state index >= 15 is 0 Å². The number of anilines is 1. The van der Waals surface area contributed by atoms with Gasteiger partial charge in [-0.3, -0.25) is 4.79 Å². The molecule has 6 heteroatoms. The van der Waals surface area contributed by atoms with Crippen molar-refractivity contribution in [1.29, 1.82) is 0 Å². The van der Waals surface area contributed by atoms with Gasteiger partial charge in [0.1, 0.15) is 5.52 Å². The highest BCUT2D eigenvalue weighted by molar-refractivity contribution is 5.74. The predicted molar refractivity (Wildman–Crippen MR) is 94.9 cm³/mol. The van der Waals surface area contributed by atoms with Crippen LogP contribution in [0.1, 0.15) is 30.5 Å². The lowest BCUT2D eigenvalue weighted by atomic mass is 10.2. The molecule has 5 rings (SSSR count). The van der Waals surface area contributed by atoms with Crippen LogP contribution in [0.2, 0.25) is 0 Å². The van der Waals surface area contributed by atoms with E-state index in [1.807, 2.05) is 24.3 Å². The van der Waals surface area contributed by atoms with E-state index in [0.29, 0.717) is 12.6 Å². The maximum Gasteiger partial charge on any atom is 0.298 e. The zero-order valence-corrected chi connectivity index (χ0v) is 14.0. The second-order valence-corrected chi connectivity index (χ2v) is 6.94. The first-order valence-corrected chi connectivity index (χ1v) is 9.00. The van der Waals surface area contributed by atoms with Crippen molar-refractivity contribution in [2.24, 2.45) is 0 Å². The van der Waals surface area contributed by atoms with E-state index in [-0.39, 0.29) is 11.6 Å². The van der Waals surface area contributed by atoms with Crippen molar-refractivity contribution in [3.05, 3.63) is 51.9 Å². The minimum atomic E-state index is 0.00469. The van der Waals surface area contributed by atoms with E-state index in [1.54, 1.807) is 10.7 Å². The molecule has 1 unspecified atom stereocenters. The minimum absolute atomic E-state index is 0.00469. The number of fused-ring (bicyclic) bond motifs is 2. The molecule has 6 nitrogen and oxygen atoms in total. The number of hydrogen-bond acceptors (Lipinski definition) is 5. The van der Waals surface area contributed by atoms with Crippen LogP contribution in [0.3, 0.4) is 0 Å². The molecule has 25 heavy (non-hydrogen) atoms. The quantitative estimate of drug-likeness (QED) is 0.735.